The molecule has 0 atom stereocenters. The Kier molecular flexibility index (Phi) is 5.50. The Hall–Kier alpha value is -1.20. The van der Waals surface area contributed by atoms with Crippen molar-refractivity contribution in [1.29, 1.82) is 0 Å². The van der Waals surface area contributed by atoms with Gasteiger partial charge in [-0.05, 0) is 19.9 Å². The van der Waals surface area contributed by atoms with Gasteiger partial charge in [0, 0.05) is 13.1 Å². The Bertz CT molecular complexity index is 426. The third kappa shape index (κ3) is 3.65. The highest BCUT2D eigenvalue weighted by Crippen LogP contribution is 2.22. The lowest BCUT2D eigenvalue weighted by Gasteiger charge is -2.19. The van der Waals surface area contributed by atoms with Gasteiger partial charge in [-0.3, -0.25) is 9.59 Å². The van der Waals surface area contributed by atoms with Crippen LogP contribution in [-0.4, -0.2) is 41.3 Å². The van der Waals surface area contributed by atoms with Gasteiger partial charge in [-0.15, -0.1) is 0 Å². The maximum atomic E-state index is 12.1. The van der Waals surface area contributed by atoms with Crippen LogP contribution in [0.15, 0.2) is 6.07 Å². The summed E-state index contributed by atoms with van der Waals surface area (Å²) in [6, 6.07) is 1.45. The zero-order valence-electron chi connectivity index (χ0n) is 10.2. The molecular weight excluding hydrogens is 277 g/mol. The Balaban J connectivity index is 2.76. The fraction of sp³-hybridized carbons (Fsp3) is 0.455. The summed E-state index contributed by atoms with van der Waals surface area (Å²) in [5.74, 6) is -0.506. The van der Waals surface area contributed by atoms with Gasteiger partial charge in [0.2, 0.25) is 5.91 Å². The molecule has 0 aliphatic carbocycles. The summed E-state index contributed by atoms with van der Waals surface area (Å²) < 4.78 is 0. The van der Waals surface area contributed by atoms with Gasteiger partial charge in [0.15, 0.2) is 0 Å². The van der Waals surface area contributed by atoms with Gasteiger partial charge in [-0.1, -0.05) is 23.2 Å². The fourth-order valence-electron chi connectivity index (χ4n) is 1.44. The van der Waals surface area contributed by atoms with Crippen LogP contribution < -0.4 is 5.32 Å². The first-order valence-corrected chi connectivity index (χ1v) is 6.35. The van der Waals surface area contributed by atoms with E-state index in [1.165, 1.54) is 11.0 Å². The number of carbonyl (C=O) groups is 2. The molecule has 1 heterocycles. The summed E-state index contributed by atoms with van der Waals surface area (Å²) in [6.07, 6.45) is 0. The van der Waals surface area contributed by atoms with E-state index in [9.17, 15) is 9.59 Å². The number of likely N-dealkylation sites (N-methyl/N-ethyl adjacent to an activating group) is 2. The van der Waals surface area contributed by atoms with Gasteiger partial charge in [0.1, 0.15) is 10.8 Å². The third-order valence-corrected chi connectivity index (χ3v) is 3.03. The maximum absolute atomic E-state index is 12.1. The van der Waals surface area contributed by atoms with Crippen molar-refractivity contribution >= 4 is 35.0 Å². The predicted molar refractivity (Wildman–Crippen MR) is 71.1 cm³/mol. The molecule has 0 aromatic carbocycles. The van der Waals surface area contributed by atoms with Crippen LogP contribution in [0.3, 0.4) is 0 Å². The van der Waals surface area contributed by atoms with E-state index < -0.39 is 0 Å². The highest BCUT2D eigenvalue weighted by molar-refractivity contribution is 6.41. The first-order chi connectivity index (χ1) is 8.49. The zero-order chi connectivity index (χ0) is 13.7. The second-order valence-electron chi connectivity index (χ2n) is 3.62. The molecule has 0 bridgehead atoms. The standard InChI is InChI=1S/C11H15Cl2N3O2/c1-3-14-9(17)6-16(4-2)11(18)8-5-7(12)10(13)15-8/h5,15H,3-4,6H2,1-2H3,(H,14,17). The zero-order valence-corrected chi connectivity index (χ0v) is 11.7. The number of amides is 2. The lowest BCUT2D eigenvalue weighted by Crippen LogP contribution is -2.40. The Morgan fingerprint density at radius 3 is 2.50 bits per heavy atom. The average molecular weight is 292 g/mol. The van der Waals surface area contributed by atoms with Crippen molar-refractivity contribution in [2.24, 2.45) is 0 Å². The van der Waals surface area contributed by atoms with Crippen molar-refractivity contribution in [1.82, 2.24) is 15.2 Å². The van der Waals surface area contributed by atoms with Crippen LogP contribution >= 0.6 is 23.2 Å². The summed E-state index contributed by atoms with van der Waals surface area (Å²) in [5.41, 5.74) is 0.274. The molecule has 0 fully saturated rings. The van der Waals surface area contributed by atoms with Crippen molar-refractivity contribution in [3.05, 3.63) is 21.9 Å². The fourth-order valence-corrected chi connectivity index (χ4v) is 1.76. The molecule has 1 aromatic heterocycles. The highest BCUT2D eigenvalue weighted by atomic mass is 35.5. The Morgan fingerprint density at radius 1 is 1.39 bits per heavy atom. The summed E-state index contributed by atoms with van der Waals surface area (Å²) >= 11 is 11.5. The lowest BCUT2D eigenvalue weighted by atomic mass is 10.3. The Labute approximate surface area is 115 Å². The molecule has 0 spiro atoms. The van der Waals surface area contributed by atoms with E-state index >= 15 is 0 Å². The molecule has 0 aliphatic rings. The van der Waals surface area contributed by atoms with Crippen LogP contribution in [0.25, 0.3) is 0 Å². The molecule has 100 valence electrons. The van der Waals surface area contributed by atoms with Gasteiger partial charge in [-0.25, -0.2) is 0 Å². The molecule has 0 radical (unpaired) electrons. The molecule has 1 rings (SSSR count). The van der Waals surface area contributed by atoms with Crippen LogP contribution in [0.2, 0.25) is 10.2 Å². The van der Waals surface area contributed by atoms with E-state index in [2.05, 4.69) is 10.3 Å². The number of hydrogen-bond donors (Lipinski definition) is 2. The van der Waals surface area contributed by atoms with E-state index in [0.717, 1.165) is 0 Å². The molecule has 18 heavy (non-hydrogen) atoms. The second-order valence-corrected chi connectivity index (χ2v) is 4.40. The first kappa shape index (κ1) is 14.9. The van der Waals surface area contributed by atoms with Crippen LogP contribution in [0.5, 0.6) is 0 Å². The van der Waals surface area contributed by atoms with E-state index in [1.54, 1.807) is 6.92 Å². The number of nitrogens with one attached hydrogen (secondary N) is 2. The lowest BCUT2D eigenvalue weighted by molar-refractivity contribution is -0.121. The minimum absolute atomic E-state index is 0.0113. The molecule has 1 aromatic rings. The number of halogens is 2. The van der Waals surface area contributed by atoms with E-state index in [-0.39, 0.29) is 34.2 Å². The van der Waals surface area contributed by atoms with Gasteiger partial charge in [-0.2, -0.15) is 0 Å². The van der Waals surface area contributed by atoms with Crippen LogP contribution in [-0.2, 0) is 4.79 Å². The van der Waals surface area contributed by atoms with Crippen LogP contribution in [0.4, 0.5) is 0 Å². The van der Waals surface area contributed by atoms with Crippen molar-refractivity contribution in [3.8, 4) is 0 Å². The molecule has 0 saturated heterocycles. The molecular formula is C11H15Cl2N3O2. The SMILES string of the molecule is CCNC(=O)CN(CC)C(=O)c1cc(Cl)c(Cl)[nH]1. The number of rotatable bonds is 5. The number of nitrogens with zero attached hydrogens (tertiary/aromatic N) is 1. The summed E-state index contributed by atoms with van der Waals surface area (Å²) in [4.78, 5) is 27.6. The van der Waals surface area contributed by atoms with Crippen LogP contribution in [0, 0.1) is 0 Å². The first-order valence-electron chi connectivity index (χ1n) is 5.59. The average Bonchev–Trinajstić information content (AvgIpc) is 2.66. The monoisotopic (exact) mass is 291 g/mol. The maximum Gasteiger partial charge on any atom is 0.270 e. The third-order valence-electron chi connectivity index (χ3n) is 2.33. The van der Waals surface area contributed by atoms with E-state index in [4.69, 9.17) is 23.2 Å². The number of aromatic nitrogens is 1. The summed E-state index contributed by atoms with van der Waals surface area (Å²) in [5, 5.41) is 3.14. The topological polar surface area (TPSA) is 65.2 Å². The molecule has 0 saturated carbocycles. The highest BCUT2D eigenvalue weighted by Gasteiger charge is 2.19. The molecule has 2 N–H and O–H groups in total. The van der Waals surface area contributed by atoms with Gasteiger partial charge in [0.25, 0.3) is 5.91 Å². The van der Waals surface area contributed by atoms with E-state index in [0.29, 0.717) is 13.1 Å². The minimum Gasteiger partial charge on any atom is -0.355 e. The quantitative estimate of drug-likeness (QED) is 0.870. The van der Waals surface area contributed by atoms with Crippen LogP contribution in [0.1, 0.15) is 24.3 Å². The molecule has 5 nitrogen and oxygen atoms in total. The number of hydrogen-bond acceptors (Lipinski definition) is 2. The van der Waals surface area contributed by atoms with Gasteiger partial charge >= 0.3 is 0 Å². The largest absolute Gasteiger partial charge is 0.355 e. The second kappa shape index (κ2) is 6.66. The van der Waals surface area contributed by atoms with Gasteiger partial charge < -0.3 is 15.2 Å². The molecule has 0 unspecified atom stereocenters. The van der Waals surface area contributed by atoms with E-state index in [1.807, 2.05) is 6.92 Å². The normalized spacial score (nSPS) is 10.2. The van der Waals surface area contributed by atoms with Crippen molar-refractivity contribution < 1.29 is 9.59 Å². The number of H-pyrrole nitrogens is 1. The molecule has 2 amide bonds. The molecule has 7 heteroatoms. The smallest absolute Gasteiger partial charge is 0.270 e. The van der Waals surface area contributed by atoms with Crippen molar-refractivity contribution in [2.75, 3.05) is 19.6 Å². The number of aromatic amines is 1. The van der Waals surface area contributed by atoms with Gasteiger partial charge in [0.05, 0.1) is 11.6 Å². The summed E-state index contributed by atoms with van der Waals surface area (Å²) in [6.45, 7) is 4.58. The summed E-state index contributed by atoms with van der Waals surface area (Å²) in [7, 11) is 0. The number of carbonyl (C=O) groups excluding carboxylic acids is 2. The molecule has 0 aliphatic heterocycles. The van der Waals surface area contributed by atoms with Crippen molar-refractivity contribution in [2.45, 2.75) is 13.8 Å². The predicted octanol–water partition coefficient (Wildman–Crippen LogP) is 1.92. The Morgan fingerprint density at radius 2 is 2.06 bits per heavy atom. The van der Waals surface area contributed by atoms with Crippen molar-refractivity contribution in [3.63, 3.8) is 0 Å². The minimum atomic E-state index is -0.308.